The maximum atomic E-state index is 13.3. The van der Waals surface area contributed by atoms with E-state index in [1.54, 1.807) is 18.3 Å². The summed E-state index contributed by atoms with van der Waals surface area (Å²) in [6, 6.07) is 20.6. The van der Waals surface area contributed by atoms with E-state index >= 15 is 0 Å². The lowest BCUT2D eigenvalue weighted by atomic mass is 10.0. The molecule has 0 saturated heterocycles. The van der Waals surface area contributed by atoms with Gasteiger partial charge in [0, 0.05) is 41.3 Å². The number of carbonyl (C=O) groups is 3. The number of ether oxygens (including phenoxy) is 1. The van der Waals surface area contributed by atoms with E-state index in [4.69, 9.17) is 4.74 Å². The Labute approximate surface area is 207 Å². The van der Waals surface area contributed by atoms with Crippen LogP contribution in [0, 0.1) is 5.82 Å². The Balaban J connectivity index is 1.50. The van der Waals surface area contributed by atoms with Gasteiger partial charge in [-0.15, -0.1) is 0 Å². The fourth-order valence-electron chi connectivity index (χ4n) is 3.98. The van der Waals surface area contributed by atoms with Gasteiger partial charge in [-0.2, -0.15) is 0 Å². The van der Waals surface area contributed by atoms with Crippen molar-refractivity contribution in [2.45, 2.75) is 19.4 Å². The van der Waals surface area contributed by atoms with Gasteiger partial charge >= 0.3 is 5.97 Å². The highest BCUT2D eigenvalue weighted by atomic mass is 19.1. The van der Waals surface area contributed by atoms with Crippen LogP contribution in [0.1, 0.15) is 22.8 Å². The third-order valence-corrected chi connectivity index (χ3v) is 5.82. The van der Waals surface area contributed by atoms with Crippen LogP contribution >= 0.6 is 0 Å². The van der Waals surface area contributed by atoms with Gasteiger partial charge in [0.1, 0.15) is 11.9 Å². The number of aromatic amines is 1. The number of para-hydroxylation sites is 2. The first-order chi connectivity index (χ1) is 17.5. The molecule has 2 N–H and O–H groups in total. The van der Waals surface area contributed by atoms with Gasteiger partial charge in [0.25, 0.3) is 11.8 Å². The van der Waals surface area contributed by atoms with E-state index < -0.39 is 30.3 Å². The van der Waals surface area contributed by atoms with Gasteiger partial charge in [0.15, 0.2) is 6.61 Å². The number of nitrogens with one attached hydrogen (secondary N) is 2. The molecule has 8 heteroatoms. The van der Waals surface area contributed by atoms with Crippen molar-refractivity contribution in [2.75, 3.05) is 18.1 Å². The van der Waals surface area contributed by atoms with Crippen LogP contribution in [0.3, 0.4) is 0 Å². The van der Waals surface area contributed by atoms with E-state index in [9.17, 15) is 18.8 Å². The summed E-state index contributed by atoms with van der Waals surface area (Å²) in [6.45, 7) is 1.76. The molecule has 3 aromatic carbocycles. The number of halogens is 1. The predicted octanol–water partition coefficient (Wildman–Crippen LogP) is 4.24. The molecule has 7 nitrogen and oxygen atoms in total. The van der Waals surface area contributed by atoms with Crippen molar-refractivity contribution in [1.29, 1.82) is 0 Å². The highest BCUT2D eigenvalue weighted by molar-refractivity contribution is 5.98. The molecule has 1 atom stereocenters. The Hall–Kier alpha value is -4.46. The van der Waals surface area contributed by atoms with Gasteiger partial charge in [-0.3, -0.25) is 9.59 Å². The monoisotopic (exact) mass is 487 g/mol. The van der Waals surface area contributed by atoms with E-state index in [0.717, 1.165) is 16.5 Å². The van der Waals surface area contributed by atoms with Gasteiger partial charge in [0.05, 0.1) is 0 Å². The Morgan fingerprint density at radius 1 is 0.972 bits per heavy atom. The number of fused-ring (bicyclic) bond motifs is 1. The molecule has 0 saturated carbocycles. The summed E-state index contributed by atoms with van der Waals surface area (Å²) in [6.07, 6.45) is 1.91. The zero-order valence-electron chi connectivity index (χ0n) is 19.7. The lowest BCUT2D eigenvalue weighted by Crippen LogP contribution is -2.44. The third-order valence-electron chi connectivity index (χ3n) is 5.82. The lowest BCUT2D eigenvalue weighted by Gasteiger charge is -2.22. The largest absolute Gasteiger partial charge is 0.454 e. The van der Waals surface area contributed by atoms with Crippen LogP contribution in [0.5, 0.6) is 0 Å². The van der Waals surface area contributed by atoms with Gasteiger partial charge in [-0.25, -0.2) is 9.18 Å². The van der Waals surface area contributed by atoms with Crippen molar-refractivity contribution in [3.63, 3.8) is 0 Å². The lowest BCUT2D eigenvalue weighted by molar-refractivity contribution is -0.149. The molecule has 1 aromatic heterocycles. The number of carbonyl (C=O) groups excluding carboxylic acids is 3. The third kappa shape index (κ3) is 5.78. The van der Waals surface area contributed by atoms with Crippen LogP contribution < -0.4 is 10.2 Å². The summed E-state index contributed by atoms with van der Waals surface area (Å²) < 4.78 is 18.7. The predicted molar refractivity (Wildman–Crippen MR) is 135 cm³/mol. The first kappa shape index (κ1) is 24.7. The number of benzene rings is 3. The zero-order valence-corrected chi connectivity index (χ0v) is 19.7. The smallest absolute Gasteiger partial charge is 0.329 e. The average Bonchev–Trinajstić information content (AvgIpc) is 3.31. The molecule has 1 heterocycles. The minimum absolute atomic E-state index is 0.139. The van der Waals surface area contributed by atoms with Crippen molar-refractivity contribution >= 4 is 34.4 Å². The molecule has 0 bridgehead atoms. The minimum atomic E-state index is -1.07. The molecule has 36 heavy (non-hydrogen) atoms. The van der Waals surface area contributed by atoms with Crippen LogP contribution in [-0.4, -0.2) is 42.0 Å². The molecule has 0 spiro atoms. The number of hydrogen-bond acceptors (Lipinski definition) is 4. The fraction of sp³-hybridized carbons (Fsp3) is 0.179. The number of anilines is 1. The Kier molecular flexibility index (Phi) is 7.75. The maximum absolute atomic E-state index is 13.3. The molecular formula is C28H26FN3O4. The molecule has 4 aromatic rings. The molecule has 0 unspecified atom stereocenters. The summed E-state index contributed by atoms with van der Waals surface area (Å²) in [5.74, 6) is -2.15. The number of aromatic nitrogens is 1. The first-order valence-corrected chi connectivity index (χ1v) is 11.6. The summed E-state index contributed by atoms with van der Waals surface area (Å²) in [5.41, 5.74) is 2.59. The average molecular weight is 488 g/mol. The van der Waals surface area contributed by atoms with Crippen molar-refractivity contribution in [3.8, 4) is 0 Å². The van der Waals surface area contributed by atoms with E-state index in [1.165, 1.54) is 29.2 Å². The molecule has 0 aliphatic heterocycles. The van der Waals surface area contributed by atoms with Gasteiger partial charge in [-0.1, -0.05) is 36.4 Å². The van der Waals surface area contributed by atoms with Crippen LogP contribution in [0.4, 0.5) is 10.1 Å². The van der Waals surface area contributed by atoms with Crippen molar-refractivity contribution < 1.29 is 23.5 Å². The molecule has 4 rings (SSSR count). The van der Waals surface area contributed by atoms with Crippen LogP contribution in [0.25, 0.3) is 10.9 Å². The molecule has 2 amide bonds. The van der Waals surface area contributed by atoms with Crippen molar-refractivity contribution in [1.82, 2.24) is 10.3 Å². The van der Waals surface area contributed by atoms with Crippen LogP contribution in [0.2, 0.25) is 0 Å². The maximum Gasteiger partial charge on any atom is 0.329 e. The SMILES string of the molecule is CCN(C(=O)COC(=O)[C@@H](Cc1c[nH]c2ccccc12)NC(=O)c1ccc(F)cc1)c1ccccc1. The van der Waals surface area contributed by atoms with Gasteiger partial charge in [0.2, 0.25) is 0 Å². The van der Waals surface area contributed by atoms with Crippen LogP contribution in [0.15, 0.2) is 85.1 Å². The zero-order chi connectivity index (χ0) is 25.5. The molecule has 0 radical (unpaired) electrons. The van der Waals surface area contributed by atoms with Crippen molar-refractivity contribution in [3.05, 3.63) is 102 Å². The summed E-state index contributed by atoms with van der Waals surface area (Å²) >= 11 is 0. The summed E-state index contributed by atoms with van der Waals surface area (Å²) in [4.78, 5) is 43.4. The minimum Gasteiger partial charge on any atom is -0.454 e. The standard InChI is InChI=1S/C28H26FN3O4/c1-2-32(22-8-4-3-5-9-22)26(33)18-36-28(35)25(31-27(34)19-12-14-21(29)15-13-19)16-20-17-30-24-11-7-6-10-23(20)24/h3-15,17,25,30H,2,16,18H2,1H3,(H,31,34)/t25-/m1/s1. The van der Waals surface area contributed by atoms with E-state index in [0.29, 0.717) is 12.2 Å². The van der Waals surface area contributed by atoms with E-state index in [2.05, 4.69) is 10.3 Å². The Morgan fingerprint density at radius 2 is 1.67 bits per heavy atom. The highest BCUT2D eigenvalue weighted by Crippen LogP contribution is 2.20. The number of rotatable bonds is 9. The van der Waals surface area contributed by atoms with E-state index in [1.807, 2.05) is 49.4 Å². The quantitative estimate of drug-likeness (QED) is 0.346. The molecular weight excluding hydrogens is 461 g/mol. The second-order valence-electron chi connectivity index (χ2n) is 8.18. The molecule has 0 fully saturated rings. The number of esters is 1. The molecule has 0 aliphatic rings. The Morgan fingerprint density at radius 3 is 2.39 bits per heavy atom. The second kappa shape index (κ2) is 11.3. The molecule has 184 valence electrons. The van der Waals surface area contributed by atoms with Crippen LogP contribution in [-0.2, 0) is 20.7 Å². The highest BCUT2D eigenvalue weighted by Gasteiger charge is 2.26. The first-order valence-electron chi connectivity index (χ1n) is 11.6. The normalized spacial score (nSPS) is 11.6. The van der Waals surface area contributed by atoms with E-state index in [-0.39, 0.29) is 17.9 Å². The van der Waals surface area contributed by atoms with Crippen molar-refractivity contribution in [2.24, 2.45) is 0 Å². The fourth-order valence-corrected chi connectivity index (χ4v) is 3.98. The summed E-state index contributed by atoms with van der Waals surface area (Å²) in [7, 11) is 0. The van der Waals surface area contributed by atoms with Gasteiger partial charge < -0.3 is 19.9 Å². The number of hydrogen-bond donors (Lipinski definition) is 2. The summed E-state index contributed by atoms with van der Waals surface area (Å²) in [5, 5.41) is 3.59. The molecule has 0 aliphatic carbocycles. The number of H-pyrrole nitrogens is 1. The van der Waals surface area contributed by atoms with Gasteiger partial charge in [-0.05, 0) is 55.0 Å². The number of amides is 2. The second-order valence-corrected chi connectivity index (χ2v) is 8.18. The Bertz CT molecular complexity index is 1350. The number of nitrogens with zero attached hydrogens (tertiary/aromatic N) is 1. The topological polar surface area (TPSA) is 91.5 Å². The number of likely N-dealkylation sites (N-methyl/N-ethyl adjacent to an activating group) is 1.